The van der Waals surface area contributed by atoms with Crippen molar-refractivity contribution < 1.29 is 14.7 Å². The lowest BCUT2D eigenvalue weighted by Gasteiger charge is -2.29. The molecule has 0 bridgehead atoms. The lowest BCUT2D eigenvalue weighted by atomic mass is 9.86. The van der Waals surface area contributed by atoms with E-state index in [4.69, 9.17) is 0 Å². The predicted molar refractivity (Wildman–Crippen MR) is 70.3 cm³/mol. The molecule has 1 saturated carbocycles. The van der Waals surface area contributed by atoms with E-state index in [1.165, 1.54) is 19.3 Å². The van der Waals surface area contributed by atoms with Crippen molar-refractivity contribution in [3.05, 3.63) is 0 Å². The number of hydrogen-bond donors (Lipinski definition) is 2. The molecular weight excluding hydrogens is 230 g/mol. The molecule has 0 heterocycles. The molecule has 0 atom stereocenters. The Bertz CT molecular complexity index is 291. The maximum absolute atomic E-state index is 12.0. The van der Waals surface area contributed by atoms with Crippen molar-refractivity contribution in [2.45, 2.75) is 70.8 Å². The van der Waals surface area contributed by atoms with E-state index in [1.807, 2.05) is 0 Å². The first-order valence-electron chi connectivity index (χ1n) is 7.08. The van der Waals surface area contributed by atoms with Crippen LogP contribution in [0.2, 0.25) is 0 Å². The summed E-state index contributed by atoms with van der Waals surface area (Å²) in [6.07, 6.45) is 7.20. The van der Waals surface area contributed by atoms with E-state index in [2.05, 4.69) is 5.32 Å². The van der Waals surface area contributed by atoms with Gasteiger partial charge in [0.15, 0.2) is 0 Å². The molecule has 0 spiro atoms. The standard InChI is InChI=1S/C14H25NO3/c1-3-14(4-2,13(17)18)15-12(16)10-11-8-6-5-7-9-11/h11H,3-10H2,1-2H3,(H,15,16)(H,17,18). The molecular formula is C14H25NO3. The number of nitrogens with one attached hydrogen (secondary N) is 1. The topological polar surface area (TPSA) is 66.4 Å². The van der Waals surface area contributed by atoms with E-state index < -0.39 is 11.5 Å². The van der Waals surface area contributed by atoms with Crippen LogP contribution in [0.3, 0.4) is 0 Å². The van der Waals surface area contributed by atoms with Crippen LogP contribution in [-0.4, -0.2) is 22.5 Å². The maximum atomic E-state index is 12.0. The smallest absolute Gasteiger partial charge is 0.329 e. The van der Waals surface area contributed by atoms with Crippen molar-refractivity contribution in [2.75, 3.05) is 0 Å². The van der Waals surface area contributed by atoms with Gasteiger partial charge in [-0.1, -0.05) is 33.1 Å². The van der Waals surface area contributed by atoms with Crippen molar-refractivity contribution in [2.24, 2.45) is 5.92 Å². The van der Waals surface area contributed by atoms with Gasteiger partial charge in [-0.15, -0.1) is 0 Å². The second-order valence-electron chi connectivity index (χ2n) is 5.35. The molecule has 1 fully saturated rings. The fourth-order valence-electron chi connectivity index (χ4n) is 2.75. The van der Waals surface area contributed by atoms with Crippen LogP contribution in [0.5, 0.6) is 0 Å². The molecule has 1 aliphatic rings. The number of carbonyl (C=O) groups excluding carboxylic acids is 1. The van der Waals surface area contributed by atoms with Gasteiger partial charge < -0.3 is 10.4 Å². The third-order valence-electron chi connectivity index (χ3n) is 4.19. The van der Waals surface area contributed by atoms with Crippen LogP contribution < -0.4 is 5.32 Å². The Labute approximate surface area is 109 Å². The van der Waals surface area contributed by atoms with Gasteiger partial charge >= 0.3 is 5.97 Å². The van der Waals surface area contributed by atoms with Gasteiger partial charge in [0.05, 0.1) is 0 Å². The number of amides is 1. The van der Waals surface area contributed by atoms with Gasteiger partial charge in [0.1, 0.15) is 5.54 Å². The van der Waals surface area contributed by atoms with Crippen LogP contribution in [0.4, 0.5) is 0 Å². The van der Waals surface area contributed by atoms with Gasteiger partial charge in [0.25, 0.3) is 0 Å². The average Bonchev–Trinajstić information content (AvgIpc) is 2.37. The highest BCUT2D eigenvalue weighted by molar-refractivity contribution is 5.87. The van der Waals surface area contributed by atoms with Crippen molar-refractivity contribution >= 4 is 11.9 Å². The molecule has 1 rings (SSSR count). The number of carboxylic acid groups (broad SMARTS) is 1. The van der Waals surface area contributed by atoms with Gasteiger partial charge in [-0.3, -0.25) is 4.79 Å². The van der Waals surface area contributed by atoms with Gasteiger partial charge in [-0.25, -0.2) is 4.79 Å². The van der Waals surface area contributed by atoms with Crippen molar-refractivity contribution in [3.63, 3.8) is 0 Å². The van der Waals surface area contributed by atoms with E-state index in [-0.39, 0.29) is 5.91 Å². The summed E-state index contributed by atoms with van der Waals surface area (Å²) >= 11 is 0. The van der Waals surface area contributed by atoms with Crippen molar-refractivity contribution in [1.29, 1.82) is 0 Å². The normalized spacial score (nSPS) is 17.4. The van der Waals surface area contributed by atoms with E-state index >= 15 is 0 Å². The van der Waals surface area contributed by atoms with E-state index in [9.17, 15) is 14.7 Å². The third kappa shape index (κ3) is 3.72. The fourth-order valence-corrected chi connectivity index (χ4v) is 2.75. The minimum Gasteiger partial charge on any atom is -0.480 e. The summed E-state index contributed by atoms with van der Waals surface area (Å²) < 4.78 is 0. The van der Waals surface area contributed by atoms with Crippen LogP contribution >= 0.6 is 0 Å². The Balaban J connectivity index is 2.53. The van der Waals surface area contributed by atoms with E-state index in [1.54, 1.807) is 13.8 Å². The Morgan fingerprint density at radius 3 is 2.17 bits per heavy atom. The monoisotopic (exact) mass is 255 g/mol. The highest BCUT2D eigenvalue weighted by Gasteiger charge is 2.36. The molecule has 4 nitrogen and oxygen atoms in total. The molecule has 18 heavy (non-hydrogen) atoms. The minimum atomic E-state index is -1.08. The molecule has 0 saturated heterocycles. The van der Waals surface area contributed by atoms with Crippen LogP contribution in [0, 0.1) is 5.92 Å². The first-order chi connectivity index (χ1) is 8.54. The summed E-state index contributed by atoms with van der Waals surface area (Å²) in [5.41, 5.74) is -1.08. The number of carbonyl (C=O) groups is 2. The molecule has 0 aliphatic heterocycles. The van der Waals surface area contributed by atoms with Crippen molar-refractivity contribution in [3.8, 4) is 0 Å². The summed E-state index contributed by atoms with van der Waals surface area (Å²) in [6, 6.07) is 0. The summed E-state index contributed by atoms with van der Waals surface area (Å²) in [5.74, 6) is -0.587. The van der Waals surface area contributed by atoms with Gasteiger partial charge in [-0.2, -0.15) is 0 Å². The predicted octanol–water partition coefficient (Wildman–Crippen LogP) is 2.72. The largest absolute Gasteiger partial charge is 0.480 e. The van der Waals surface area contributed by atoms with Crippen LogP contribution in [0.25, 0.3) is 0 Å². The summed E-state index contributed by atoms with van der Waals surface area (Å²) in [4.78, 5) is 23.3. The van der Waals surface area contributed by atoms with Gasteiger partial charge in [0, 0.05) is 6.42 Å². The molecule has 1 aliphatic carbocycles. The number of aliphatic carboxylic acids is 1. The lowest BCUT2D eigenvalue weighted by Crippen LogP contribution is -2.54. The molecule has 0 aromatic rings. The number of hydrogen-bond acceptors (Lipinski definition) is 2. The maximum Gasteiger partial charge on any atom is 0.329 e. The first kappa shape index (κ1) is 15.0. The second kappa shape index (κ2) is 6.76. The molecule has 0 aromatic heterocycles. The van der Waals surface area contributed by atoms with Crippen LogP contribution in [-0.2, 0) is 9.59 Å². The molecule has 104 valence electrons. The second-order valence-corrected chi connectivity index (χ2v) is 5.35. The lowest BCUT2D eigenvalue weighted by molar-refractivity contribution is -0.148. The third-order valence-corrected chi connectivity index (χ3v) is 4.19. The highest BCUT2D eigenvalue weighted by Crippen LogP contribution is 2.26. The van der Waals surface area contributed by atoms with Crippen LogP contribution in [0.1, 0.15) is 65.2 Å². The molecule has 0 radical (unpaired) electrons. The summed E-state index contributed by atoms with van der Waals surface area (Å²) in [5, 5.41) is 12.0. The summed E-state index contributed by atoms with van der Waals surface area (Å²) in [7, 11) is 0. The molecule has 1 amide bonds. The quantitative estimate of drug-likeness (QED) is 0.767. The average molecular weight is 255 g/mol. The van der Waals surface area contributed by atoms with Crippen molar-refractivity contribution in [1.82, 2.24) is 5.32 Å². The Hall–Kier alpha value is -1.06. The summed E-state index contributed by atoms with van der Waals surface area (Å²) in [6.45, 7) is 3.61. The zero-order valence-corrected chi connectivity index (χ0v) is 11.5. The molecule has 0 aromatic carbocycles. The van der Waals surface area contributed by atoms with Gasteiger partial charge in [0.2, 0.25) is 5.91 Å². The Morgan fingerprint density at radius 2 is 1.72 bits per heavy atom. The minimum absolute atomic E-state index is 0.104. The molecule has 0 unspecified atom stereocenters. The fraction of sp³-hybridized carbons (Fsp3) is 0.857. The molecule has 2 N–H and O–H groups in total. The van der Waals surface area contributed by atoms with Crippen LogP contribution in [0.15, 0.2) is 0 Å². The number of carboxylic acids is 1. The van der Waals surface area contributed by atoms with Gasteiger partial charge in [-0.05, 0) is 31.6 Å². The zero-order chi connectivity index (χ0) is 13.6. The van der Waals surface area contributed by atoms with E-state index in [0.29, 0.717) is 25.2 Å². The SMILES string of the molecule is CCC(CC)(NC(=O)CC1CCCCC1)C(=O)O. The highest BCUT2D eigenvalue weighted by atomic mass is 16.4. The number of rotatable bonds is 6. The molecule has 4 heteroatoms. The Morgan fingerprint density at radius 1 is 1.17 bits per heavy atom. The van der Waals surface area contributed by atoms with E-state index in [0.717, 1.165) is 12.8 Å². The zero-order valence-electron chi connectivity index (χ0n) is 11.5. The Kier molecular flexibility index (Phi) is 5.63. The first-order valence-corrected chi connectivity index (χ1v) is 7.08.